The summed E-state index contributed by atoms with van der Waals surface area (Å²) in [5.74, 6) is -1.34. The lowest BCUT2D eigenvalue weighted by molar-refractivity contribution is 0.0698. The first-order valence-corrected chi connectivity index (χ1v) is 3.83. The summed E-state index contributed by atoms with van der Waals surface area (Å²) >= 11 is 5.59. The molecule has 0 atom stereocenters. The number of aromatic hydroxyl groups is 1. The molecule has 1 rings (SSSR count). The Hall–Kier alpha value is -1.42. The molecule has 1 aromatic carbocycles. The molecule has 13 heavy (non-hydrogen) atoms. The molecule has 0 bridgehead atoms. The second kappa shape index (κ2) is 3.14. The number of benzene rings is 1. The van der Waals surface area contributed by atoms with Crippen molar-refractivity contribution in [3.8, 4) is 5.75 Å². The zero-order chi connectivity index (χ0) is 10.2. The van der Waals surface area contributed by atoms with Crippen molar-refractivity contribution in [3.05, 3.63) is 22.2 Å². The van der Waals surface area contributed by atoms with Gasteiger partial charge < -0.3 is 15.9 Å². The highest BCUT2D eigenvalue weighted by Gasteiger charge is 2.15. The summed E-state index contributed by atoms with van der Waals surface area (Å²) in [5.41, 5.74) is 5.56. The molecule has 0 radical (unpaired) electrons. The molecule has 0 aliphatic heterocycles. The van der Waals surface area contributed by atoms with E-state index in [1.807, 2.05) is 0 Å². The van der Waals surface area contributed by atoms with Gasteiger partial charge in [0.1, 0.15) is 10.8 Å². The normalized spacial score (nSPS) is 10.0. The third-order valence-corrected chi connectivity index (χ3v) is 2.08. The van der Waals surface area contributed by atoms with Gasteiger partial charge in [0.25, 0.3) is 0 Å². The van der Waals surface area contributed by atoms with Crippen molar-refractivity contribution in [1.29, 1.82) is 0 Å². The van der Waals surface area contributed by atoms with Gasteiger partial charge >= 0.3 is 5.97 Å². The molecule has 0 saturated heterocycles. The van der Waals surface area contributed by atoms with Crippen LogP contribution in [0.1, 0.15) is 15.9 Å². The first-order valence-electron chi connectivity index (χ1n) is 3.46. The van der Waals surface area contributed by atoms with Gasteiger partial charge in [-0.15, -0.1) is 0 Å². The fourth-order valence-electron chi connectivity index (χ4n) is 0.958. The average Bonchev–Trinajstić information content (AvgIpc) is 2.07. The van der Waals surface area contributed by atoms with Gasteiger partial charge in [-0.2, -0.15) is 0 Å². The number of carboxylic acid groups (broad SMARTS) is 1. The number of nitrogen functional groups attached to an aromatic ring is 1. The molecule has 0 heterocycles. The van der Waals surface area contributed by atoms with Crippen LogP contribution in [0.4, 0.5) is 5.69 Å². The minimum atomic E-state index is -1.16. The topological polar surface area (TPSA) is 83.5 Å². The predicted octanol–water partition coefficient (Wildman–Crippen LogP) is 1.63. The number of anilines is 1. The van der Waals surface area contributed by atoms with Crippen LogP contribution in [-0.2, 0) is 0 Å². The van der Waals surface area contributed by atoms with E-state index in [4.69, 9.17) is 22.4 Å². The number of carboxylic acids is 1. The van der Waals surface area contributed by atoms with Crippen molar-refractivity contribution in [2.75, 3.05) is 5.73 Å². The van der Waals surface area contributed by atoms with E-state index in [9.17, 15) is 9.90 Å². The fraction of sp³-hybridized carbons (Fsp3) is 0.125. The SMILES string of the molecule is Cc1cc(C(=O)O)c(N)c(Cl)c1O. The Morgan fingerprint density at radius 1 is 1.62 bits per heavy atom. The third kappa shape index (κ3) is 1.53. The predicted molar refractivity (Wildman–Crippen MR) is 49.2 cm³/mol. The molecular formula is C8H8ClNO3. The summed E-state index contributed by atoms with van der Waals surface area (Å²) in [6, 6.07) is 1.28. The highest BCUT2D eigenvalue weighted by atomic mass is 35.5. The molecule has 0 fully saturated rings. The molecular weight excluding hydrogens is 194 g/mol. The van der Waals surface area contributed by atoms with E-state index in [1.165, 1.54) is 6.07 Å². The summed E-state index contributed by atoms with van der Waals surface area (Å²) in [6.07, 6.45) is 0. The van der Waals surface area contributed by atoms with Gasteiger partial charge in [0.15, 0.2) is 0 Å². The minimum Gasteiger partial charge on any atom is -0.506 e. The number of hydrogen-bond donors (Lipinski definition) is 3. The molecule has 0 aliphatic carbocycles. The highest BCUT2D eigenvalue weighted by Crippen LogP contribution is 2.34. The summed E-state index contributed by atoms with van der Waals surface area (Å²) < 4.78 is 0. The standard InChI is InChI=1S/C8H8ClNO3/c1-3-2-4(8(12)13)6(10)5(9)7(3)11/h2,11H,10H2,1H3,(H,12,13). The Balaban J connectivity index is 3.50. The van der Waals surface area contributed by atoms with Crippen LogP contribution in [0.25, 0.3) is 0 Å². The Kier molecular flexibility index (Phi) is 2.34. The number of nitrogens with two attached hydrogens (primary N) is 1. The Morgan fingerprint density at radius 3 is 2.62 bits per heavy atom. The first kappa shape index (κ1) is 9.67. The first-order chi connectivity index (χ1) is 5.95. The van der Waals surface area contributed by atoms with Gasteiger partial charge in [-0.3, -0.25) is 0 Å². The summed E-state index contributed by atoms with van der Waals surface area (Å²) in [7, 11) is 0. The maximum atomic E-state index is 10.6. The number of aryl methyl sites for hydroxylation is 1. The van der Waals surface area contributed by atoms with Crippen molar-refractivity contribution in [2.24, 2.45) is 0 Å². The number of carbonyl (C=O) groups is 1. The Labute approximate surface area is 79.6 Å². The van der Waals surface area contributed by atoms with Crippen molar-refractivity contribution in [1.82, 2.24) is 0 Å². The second-order valence-corrected chi connectivity index (χ2v) is 3.00. The lowest BCUT2D eigenvalue weighted by Crippen LogP contribution is -2.03. The minimum absolute atomic E-state index is 0.0969. The third-order valence-electron chi connectivity index (χ3n) is 1.70. The van der Waals surface area contributed by atoms with Crippen LogP contribution in [0.3, 0.4) is 0 Å². The van der Waals surface area contributed by atoms with Gasteiger partial charge in [0.2, 0.25) is 0 Å². The lowest BCUT2D eigenvalue weighted by atomic mass is 10.1. The van der Waals surface area contributed by atoms with Gasteiger partial charge in [-0.1, -0.05) is 11.6 Å². The maximum absolute atomic E-state index is 10.6. The zero-order valence-corrected chi connectivity index (χ0v) is 7.59. The number of hydrogen-bond acceptors (Lipinski definition) is 3. The smallest absolute Gasteiger partial charge is 0.337 e. The summed E-state index contributed by atoms with van der Waals surface area (Å²) in [4.78, 5) is 10.6. The number of rotatable bonds is 1. The van der Waals surface area contributed by atoms with Crippen molar-refractivity contribution in [2.45, 2.75) is 6.92 Å². The van der Waals surface area contributed by atoms with Crippen molar-refractivity contribution < 1.29 is 15.0 Å². The number of phenols is 1. The van der Waals surface area contributed by atoms with E-state index in [1.54, 1.807) is 6.92 Å². The molecule has 1 aromatic rings. The molecule has 4 nitrogen and oxygen atoms in total. The van der Waals surface area contributed by atoms with Crippen LogP contribution in [0.2, 0.25) is 5.02 Å². The van der Waals surface area contributed by atoms with E-state index in [0.717, 1.165) is 0 Å². The van der Waals surface area contributed by atoms with E-state index in [2.05, 4.69) is 0 Å². The Morgan fingerprint density at radius 2 is 2.15 bits per heavy atom. The van der Waals surface area contributed by atoms with Crippen LogP contribution in [0.5, 0.6) is 5.75 Å². The van der Waals surface area contributed by atoms with Crippen molar-refractivity contribution in [3.63, 3.8) is 0 Å². The van der Waals surface area contributed by atoms with Gasteiger partial charge in [-0.05, 0) is 18.6 Å². The van der Waals surface area contributed by atoms with Gasteiger partial charge in [0, 0.05) is 0 Å². The lowest BCUT2D eigenvalue weighted by Gasteiger charge is -2.07. The van der Waals surface area contributed by atoms with Crippen LogP contribution in [0, 0.1) is 6.92 Å². The number of halogens is 1. The fourth-order valence-corrected chi connectivity index (χ4v) is 1.21. The highest BCUT2D eigenvalue weighted by molar-refractivity contribution is 6.35. The molecule has 0 unspecified atom stereocenters. The summed E-state index contributed by atoms with van der Waals surface area (Å²) in [6.45, 7) is 1.55. The van der Waals surface area contributed by atoms with Crippen LogP contribution >= 0.6 is 11.6 Å². The van der Waals surface area contributed by atoms with Crippen molar-refractivity contribution >= 4 is 23.3 Å². The molecule has 70 valence electrons. The maximum Gasteiger partial charge on any atom is 0.337 e. The number of aromatic carboxylic acids is 1. The van der Waals surface area contributed by atoms with E-state index in [0.29, 0.717) is 5.56 Å². The van der Waals surface area contributed by atoms with Gasteiger partial charge in [0.05, 0.1) is 11.3 Å². The molecule has 0 spiro atoms. The van der Waals surface area contributed by atoms with E-state index in [-0.39, 0.29) is 22.0 Å². The zero-order valence-electron chi connectivity index (χ0n) is 6.84. The molecule has 4 N–H and O–H groups in total. The number of phenolic OH excluding ortho intramolecular Hbond substituents is 1. The van der Waals surface area contributed by atoms with Gasteiger partial charge in [-0.25, -0.2) is 4.79 Å². The van der Waals surface area contributed by atoms with E-state index >= 15 is 0 Å². The molecule has 0 amide bonds. The monoisotopic (exact) mass is 201 g/mol. The van der Waals surface area contributed by atoms with E-state index < -0.39 is 5.97 Å². The van der Waals surface area contributed by atoms with Crippen LogP contribution in [-0.4, -0.2) is 16.2 Å². The molecule has 0 aromatic heterocycles. The summed E-state index contributed by atoms with van der Waals surface area (Å²) in [5, 5.41) is 17.9. The van der Waals surface area contributed by atoms with Crippen LogP contribution < -0.4 is 5.73 Å². The second-order valence-electron chi connectivity index (χ2n) is 2.62. The largest absolute Gasteiger partial charge is 0.506 e. The quantitative estimate of drug-likeness (QED) is 0.603. The molecule has 0 aliphatic rings. The Bertz CT molecular complexity index is 376. The average molecular weight is 202 g/mol. The molecule has 5 heteroatoms. The molecule has 0 saturated carbocycles. The van der Waals surface area contributed by atoms with Crippen LogP contribution in [0.15, 0.2) is 6.07 Å².